The van der Waals surface area contributed by atoms with Gasteiger partial charge in [-0.25, -0.2) is 0 Å². The predicted octanol–water partition coefficient (Wildman–Crippen LogP) is 3.31. The molecule has 1 aliphatic rings. The fourth-order valence-electron chi connectivity index (χ4n) is 2.75. The molecule has 0 aromatic heterocycles. The average molecular weight is 285 g/mol. The van der Waals surface area contributed by atoms with Crippen molar-refractivity contribution in [3.8, 4) is 0 Å². The van der Waals surface area contributed by atoms with Gasteiger partial charge < -0.3 is 10.1 Å². The van der Waals surface area contributed by atoms with E-state index in [9.17, 15) is 0 Å². The molecule has 0 aliphatic carbocycles. The Hall–Kier alpha value is -1.87. The van der Waals surface area contributed by atoms with Crippen molar-refractivity contribution < 1.29 is 9.53 Å². The van der Waals surface area contributed by atoms with Gasteiger partial charge in [0.1, 0.15) is 0 Å². The number of nitrogens with one attached hydrogen (secondary N) is 1. The number of carbonyl (C=O) groups excluding carboxylic acids is 1. The maximum atomic E-state index is 8.95. The van der Waals surface area contributed by atoms with Crippen LogP contribution in [0.4, 0.5) is 0 Å². The molecule has 21 heavy (non-hydrogen) atoms. The first-order valence-corrected chi connectivity index (χ1v) is 7.51. The van der Waals surface area contributed by atoms with Crippen LogP contribution >= 0.6 is 0 Å². The lowest BCUT2D eigenvalue weighted by Gasteiger charge is -2.23. The molecule has 2 aromatic carbocycles. The van der Waals surface area contributed by atoms with Gasteiger partial charge in [-0.1, -0.05) is 48.9 Å². The van der Waals surface area contributed by atoms with E-state index in [1.807, 2.05) is 0 Å². The molecule has 1 heterocycles. The van der Waals surface area contributed by atoms with E-state index in [2.05, 4.69) is 52.5 Å². The van der Waals surface area contributed by atoms with Crippen molar-refractivity contribution in [2.45, 2.75) is 31.7 Å². The van der Waals surface area contributed by atoms with Crippen molar-refractivity contribution in [3.05, 3.63) is 48.0 Å². The van der Waals surface area contributed by atoms with E-state index >= 15 is 0 Å². The van der Waals surface area contributed by atoms with Gasteiger partial charge in [0.05, 0.1) is 7.11 Å². The first kappa shape index (κ1) is 15.5. The Morgan fingerprint density at radius 1 is 1.19 bits per heavy atom. The van der Waals surface area contributed by atoms with Gasteiger partial charge in [-0.3, -0.25) is 4.79 Å². The number of hydrogen-bond acceptors (Lipinski definition) is 3. The largest absolute Gasteiger partial charge is 0.471 e. The van der Waals surface area contributed by atoms with Crippen LogP contribution in [0.25, 0.3) is 10.8 Å². The van der Waals surface area contributed by atoms with Crippen LogP contribution in [0.5, 0.6) is 0 Å². The first-order chi connectivity index (χ1) is 10.3. The second-order valence-electron chi connectivity index (χ2n) is 5.36. The topological polar surface area (TPSA) is 38.3 Å². The number of fused-ring (bicyclic) bond motifs is 1. The molecule has 0 spiro atoms. The Balaban J connectivity index is 0.000000361. The van der Waals surface area contributed by atoms with E-state index in [0.29, 0.717) is 12.5 Å². The van der Waals surface area contributed by atoms with Gasteiger partial charge >= 0.3 is 0 Å². The summed E-state index contributed by atoms with van der Waals surface area (Å²) in [7, 11) is 1.31. The molecule has 0 unspecified atom stereocenters. The summed E-state index contributed by atoms with van der Waals surface area (Å²) >= 11 is 0. The van der Waals surface area contributed by atoms with Gasteiger partial charge in [0, 0.05) is 6.04 Å². The van der Waals surface area contributed by atoms with Crippen molar-refractivity contribution in [1.82, 2.24) is 5.32 Å². The maximum Gasteiger partial charge on any atom is 0.292 e. The number of carbonyl (C=O) groups is 1. The lowest BCUT2D eigenvalue weighted by Crippen LogP contribution is -2.35. The molecule has 1 aliphatic heterocycles. The fourth-order valence-corrected chi connectivity index (χ4v) is 2.75. The predicted molar refractivity (Wildman–Crippen MR) is 86.4 cm³/mol. The minimum atomic E-state index is 0.375. The Labute approximate surface area is 126 Å². The molecule has 112 valence electrons. The lowest BCUT2D eigenvalue weighted by molar-refractivity contribution is -0.126. The summed E-state index contributed by atoms with van der Waals surface area (Å²) in [4.78, 5) is 8.95. The summed E-state index contributed by atoms with van der Waals surface area (Å²) in [6.07, 6.45) is 5.22. The smallest absolute Gasteiger partial charge is 0.292 e. The third kappa shape index (κ3) is 4.87. The van der Waals surface area contributed by atoms with E-state index in [-0.39, 0.29) is 0 Å². The zero-order valence-electron chi connectivity index (χ0n) is 12.5. The second kappa shape index (κ2) is 8.42. The standard InChI is InChI=1S/C16H19N.C2H4O2/c1-2-6-15-11-13(8-9-14(15)5-1)12-16-7-3-4-10-17-16;1-4-2-3/h1-2,5-6,8-9,11,16-17H,3-4,7,10,12H2;2H,1H3/t16-;/m0./s1. The monoisotopic (exact) mass is 285 g/mol. The van der Waals surface area contributed by atoms with Crippen LogP contribution in [-0.2, 0) is 16.0 Å². The van der Waals surface area contributed by atoms with E-state index in [1.54, 1.807) is 0 Å². The summed E-state index contributed by atoms with van der Waals surface area (Å²) in [5.74, 6) is 0. The average Bonchev–Trinajstić information content (AvgIpc) is 2.56. The van der Waals surface area contributed by atoms with Crippen LogP contribution in [-0.4, -0.2) is 26.2 Å². The number of rotatable bonds is 3. The van der Waals surface area contributed by atoms with E-state index in [4.69, 9.17) is 4.79 Å². The Morgan fingerprint density at radius 2 is 1.95 bits per heavy atom. The van der Waals surface area contributed by atoms with E-state index in [1.165, 1.54) is 55.7 Å². The van der Waals surface area contributed by atoms with Crippen molar-refractivity contribution >= 4 is 17.2 Å². The first-order valence-electron chi connectivity index (χ1n) is 7.51. The number of benzene rings is 2. The third-order valence-corrected chi connectivity index (χ3v) is 3.80. The van der Waals surface area contributed by atoms with Crippen LogP contribution in [0.1, 0.15) is 24.8 Å². The molecule has 2 aromatic rings. The highest BCUT2D eigenvalue weighted by molar-refractivity contribution is 5.82. The van der Waals surface area contributed by atoms with Gasteiger partial charge in [-0.05, 0) is 42.1 Å². The van der Waals surface area contributed by atoms with Crippen molar-refractivity contribution in [2.75, 3.05) is 13.7 Å². The highest BCUT2D eigenvalue weighted by atomic mass is 16.5. The van der Waals surface area contributed by atoms with Crippen molar-refractivity contribution in [2.24, 2.45) is 0 Å². The van der Waals surface area contributed by atoms with Crippen LogP contribution < -0.4 is 5.32 Å². The highest BCUT2D eigenvalue weighted by Gasteiger charge is 2.12. The number of methoxy groups -OCH3 is 1. The molecule has 0 saturated carbocycles. The molecule has 1 N–H and O–H groups in total. The number of hydrogen-bond donors (Lipinski definition) is 1. The SMILES string of the molecule is COC=O.c1ccc2cc(C[C@@H]3CCCCN3)ccc2c1. The van der Waals surface area contributed by atoms with Crippen LogP contribution in [0.2, 0.25) is 0 Å². The molecule has 3 rings (SSSR count). The molecule has 0 radical (unpaired) electrons. The number of piperidine rings is 1. The van der Waals surface area contributed by atoms with Crippen LogP contribution in [0.15, 0.2) is 42.5 Å². The zero-order chi connectivity index (χ0) is 14.9. The Morgan fingerprint density at radius 3 is 2.62 bits per heavy atom. The lowest BCUT2D eigenvalue weighted by atomic mass is 9.96. The Bertz CT molecular complexity index is 562. The van der Waals surface area contributed by atoms with E-state index < -0.39 is 0 Å². The summed E-state index contributed by atoms with van der Waals surface area (Å²) in [5, 5.41) is 6.32. The highest BCUT2D eigenvalue weighted by Crippen LogP contribution is 2.18. The summed E-state index contributed by atoms with van der Waals surface area (Å²) in [5.41, 5.74) is 1.46. The molecule has 3 heteroatoms. The summed E-state index contributed by atoms with van der Waals surface area (Å²) in [6.45, 7) is 1.57. The molecule has 1 saturated heterocycles. The van der Waals surface area contributed by atoms with E-state index in [0.717, 1.165) is 0 Å². The zero-order valence-corrected chi connectivity index (χ0v) is 12.5. The third-order valence-electron chi connectivity index (χ3n) is 3.80. The van der Waals surface area contributed by atoms with Crippen LogP contribution in [0.3, 0.4) is 0 Å². The summed E-state index contributed by atoms with van der Waals surface area (Å²) in [6, 6.07) is 16.1. The van der Waals surface area contributed by atoms with Gasteiger partial charge in [0.2, 0.25) is 0 Å². The van der Waals surface area contributed by atoms with Crippen molar-refractivity contribution in [1.29, 1.82) is 0 Å². The Kier molecular flexibility index (Phi) is 6.22. The minimum absolute atomic E-state index is 0.375. The molecule has 1 fully saturated rings. The van der Waals surface area contributed by atoms with Crippen molar-refractivity contribution in [3.63, 3.8) is 0 Å². The molecule has 3 nitrogen and oxygen atoms in total. The molecule has 0 amide bonds. The quantitative estimate of drug-likeness (QED) is 0.879. The van der Waals surface area contributed by atoms with Gasteiger partial charge in [-0.15, -0.1) is 0 Å². The molecule has 0 bridgehead atoms. The fraction of sp³-hybridized carbons (Fsp3) is 0.389. The minimum Gasteiger partial charge on any atom is -0.471 e. The summed E-state index contributed by atoms with van der Waals surface area (Å²) < 4.78 is 3.86. The van der Waals surface area contributed by atoms with Crippen LogP contribution in [0, 0.1) is 0 Å². The van der Waals surface area contributed by atoms with Gasteiger partial charge in [0.25, 0.3) is 6.47 Å². The maximum absolute atomic E-state index is 8.95. The second-order valence-corrected chi connectivity index (χ2v) is 5.36. The molecular weight excluding hydrogens is 262 g/mol. The molecular formula is C18H23NO2. The number of ether oxygens (including phenoxy) is 1. The van der Waals surface area contributed by atoms with Gasteiger partial charge in [0.15, 0.2) is 0 Å². The molecule has 1 atom stereocenters. The normalized spacial score (nSPS) is 17.7. The van der Waals surface area contributed by atoms with Gasteiger partial charge in [-0.2, -0.15) is 0 Å².